The van der Waals surface area contributed by atoms with Crippen LogP contribution in [0.3, 0.4) is 0 Å². The minimum atomic E-state index is -0.0616. The molecular formula is C24H23N3O3S. The molecule has 1 aliphatic heterocycles. The number of anilines is 1. The maximum atomic E-state index is 13.2. The summed E-state index contributed by atoms with van der Waals surface area (Å²) in [6.07, 6.45) is 2.63. The second-order valence-corrected chi connectivity index (χ2v) is 8.14. The molecule has 3 aromatic rings. The van der Waals surface area contributed by atoms with Crippen LogP contribution in [0.4, 0.5) is 5.69 Å². The number of nitrogens with zero attached hydrogens (tertiary/aromatic N) is 2. The van der Waals surface area contributed by atoms with Gasteiger partial charge < -0.3 is 15.0 Å². The van der Waals surface area contributed by atoms with Gasteiger partial charge in [0.05, 0.1) is 18.4 Å². The highest BCUT2D eigenvalue weighted by atomic mass is 32.2. The third-order valence-electron chi connectivity index (χ3n) is 5.05. The lowest BCUT2D eigenvalue weighted by molar-refractivity contribution is -0.121. The Morgan fingerprint density at radius 1 is 1.10 bits per heavy atom. The van der Waals surface area contributed by atoms with E-state index in [0.717, 1.165) is 26.9 Å². The van der Waals surface area contributed by atoms with Crippen molar-refractivity contribution >= 4 is 29.3 Å². The Bertz CT molecular complexity index is 1090. The number of pyridine rings is 1. The zero-order valence-electron chi connectivity index (χ0n) is 17.2. The van der Waals surface area contributed by atoms with Crippen LogP contribution in [0.15, 0.2) is 76.8 Å². The van der Waals surface area contributed by atoms with Crippen LogP contribution in [0.5, 0.6) is 5.75 Å². The standard InChI is InChI=1S/C24H23N3O3S/c1-30-18-12-10-17(11-13-18)16-26-22(28)9-5-15-27-20-7-4-14-25-23(20)31-21-8-3-2-6-19(21)24(27)29/h2-4,6-8,10-14H,5,9,15-16H2,1H3,(H,26,28). The quantitative estimate of drug-likeness (QED) is 0.602. The monoisotopic (exact) mass is 433 g/mol. The van der Waals surface area contributed by atoms with Gasteiger partial charge in [-0.1, -0.05) is 36.0 Å². The maximum Gasteiger partial charge on any atom is 0.259 e. The van der Waals surface area contributed by atoms with Gasteiger partial charge in [-0.3, -0.25) is 9.59 Å². The molecule has 0 atom stereocenters. The van der Waals surface area contributed by atoms with Crippen LogP contribution in [0.1, 0.15) is 28.8 Å². The van der Waals surface area contributed by atoms with E-state index in [4.69, 9.17) is 4.74 Å². The third-order valence-corrected chi connectivity index (χ3v) is 6.13. The number of methoxy groups -OCH3 is 1. The molecule has 0 bridgehead atoms. The minimum Gasteiger partial charge on any atom is -0.497 e. The molecule has 2 heterocycles. The molecule has 1 aliphatic rings. The molecule has 0 fully saturated rings. The van der Waals surface area contributed by atoms with Crippen molar-refractivity contribution in [2.45, 2.75) is 29.3 Å². The number of hydrogen-bond acceptors (Lipinski definition) is 5. The van der Waals surface area contributed by atoms with Crippen molar-refractivity contribution in [1.29, 1.82) is 0 Å². The topological polar surface area (TPSA) is 71.5 Å². The van der Waals surface area contributed by atoms with Gasteiger partial charge in [0.15, 0.2) is 0 Å². The summed E-state index contributed by atoms with van der Waals surface area (Å²) in [4.78, 5) is 32.6. The highest BCUT2D eigenvalue weighted by Crippen LogP contribution is 2.39. The number of benzene rings is 2. The average molecular weight is 434 g/mol. The van der Waals surface area contributed by atoms with E-state index in [2.05, 4.69) is 10.3 Å². The lowest BCUT2D eigenvalue weighted by Crippen LogP contribution is -2.33. The number of amides is 2. The summed E-state index contributed by atoms with van der Waals surface area (Å²) in [6, 6.07) is 18.9. The first kappa shape index (κ1) is 20.9. The zero-order chi connectivity index (χ0) is 21.6. The molecule has 4 rings (SSSR count). The summed E-state index contributed by atoms with van der Waals surface area (Å²) in [5.41, 5.74) is 2.45. The number of hydrogen-bond donors (Lipinski definition) is 1. The molecule has 7 heteroatoms. The molecule has 158 valence electrons. The fraction of sp³-hybridized carbons (Fsp3) is 0.208. The Labute approximate surface area is 185 Å². The molecule has 6 nitrogen and oxygen atoms in total. The van der Waals surface area contributed by atoms with E-state index in [1.807, 2.05) is 60.7 Å². The first-order valence-electron chi connectivity index (χ1n) is 10.1. The largest absolute Gasteiger partial charge is 0.497 e. The predicted molar refractivity (Wildman–Crippen MR) is 121 cm³/mol. The van der Waals surface area contributed by atoms with E-state index in [9.17, 15) is 9.59 Å². The molecule has 1 N–H and O–H groups in total. The van der Waals surface area contributed by atoms with Crippen LogP contribution in [0, 0.1) is 0 Å². The number of aromatic nitrogens is 1. The van der Waals surface area contributed by atoms with Crippen LogP contribution in [-0.2, 0) is 11.3 Å². The Morgan fingerprint density at radius 2 is 1.90 bits per heavy atom. The molecule has 0 radical (unpaired) electrons. The van der Waals surface area contributed by atoms with Gasteiger partial charge in [-0.25, -0.2) is 4.98 Å². The molecule has 1 aromatic heterocycles. The lowest BCUT2D eigenvalue weighted by atomic mass is 10.1. The van der Waals surface area contributed by atoms with Crippen molar-refractivity contribution < 1.29 is 14.3 Å². The minimum absolute atomic E-state index is 0.0423. The van der Waals surface area contributed by atoms with Crippen molar-refractivity contribution in [3.05, 3.63) is 78.0 Å². The lowest BCUT2D eigenvalue weighted by Gasteiger charge is -2.22. The maximum absolute atomic E-state index is 13.2. The van der Waals surface area contributed by atoms with Gasteiger partial charge in [-0.05, 0) is 48.4 Å². The second-order valence-electron chi connectivity index (χ2n) is 7.11. The molecule has 0 aliphatic carbocycles. The van der Waals surface area contributed by atoms with Gasteiger partial charge in [0, 0.05) is 30.6 Å². The highest BCUT2D eigenvalue weighted by Gasteiger charge is 2.27. The smallest absolute Gasteiger partial charge is 0.259 e. The number of carbonyl (C=O) groups is 2. The Hall–Kier alpha value is -3.32. The van der Waals surface area contributed by atoms with E-state index < -0.39 is 0 Å². The van der Waals surface area contributed by atoms with E-state index in [-0.39, 0.29) is 11.8 Å². The van der Waals surface area contributed by atoms with E-state index in [0.29, 0.717) is 31.5 Å². The average Bonchev–Trinajstić information content (AvgIpc) is 2.92. The van der Waals surface area contributed by atoms with Crippen LogP contribution < -0.4 is 15.0 Å². The summed E-state index contributed by atoms with van der Waals surface area (Å²) in [5, 5.41) is 3.73. The van der Waals surface area contributed by atoms with E-state index in [1.54, 1.807) is 18.2 Å². The van der Waals surface area contributed by atoms with Gasteiger partial charge in [-0.2, -0.15) is 0 Å². The summed E-state index contributed by atoms with van der Waals surface area (Å²) in [7, 11) is 1.62. The number of fused-ring (bicyclic) bond motifs is 2. The highest BCUT2D eigenvalue weighted by molar-refractivity contribution is 7.99. The molecule has 2 amide bonds. The third kappa shape index (κ3) is 4.88. The number of ether oxygens (including phenoxy) is 1. The van der Waals surface area contributed by atoms with Gasteiger partial charge in [0.2, 0.25) is 5.91 Å². The van der Waals surface area contributed by atoms with Crippen molar-refractivity contribution in [1.82, 2.24) is 10.3 Å². The molecule has 0 saturated heterocycles. The summed E-state index contributed by atoms with van der Waals surface area (Å²) in [5.74, 6) is 0.680. The Kier molecular flexibility index (Phi) is 6.52. The first-order valence-corrected chi connectivity index (χ1v) is 10.9. The van der Waals surface area contributed by atoms with E-state index >= 15 is 0 Å². The summed E-state index contributed by atoms with van der Waals surface area (Å²) in [6.45, 7) is 0.907. The van der Waals surface area contributed by atoms with Gasteiger partial charge >= 0.3 is 0 Å². The molecular weight excluding hydrogens is 410 g/mol. The van der Waals surface area contributed by atoms with Crippen LogP contribution in [0.25, 0.3) is 0 Å². The van der Waals surface area contributed by atoms with Crippen LogP contribution in [0.2, 0.25) is 0 Å². The molecule has 0 saturated carbocycles. The number of nitrogens with one attached hydrogen (secondary N) is 1. The second kappa shape index (κ2) is 9.66. The summed E-state index contributed by atoms with van der Waals surface area (Å²) < 4.78 is 5.14. The van der Waals surface area contributed by atoms with Crippen molar-refractivity contribution in [2.24, 2.45) is 0 Å². The van der Waals surface area contributed by atoms with Crippen molar-refractivity contribution in [3.8, 4) is 5.75 Å². The van der Waals surface area contributed by atoms with Gasteiger partial charge in [0.1, 0.15) is 10.8 Å². The SMILES string of the molecule is COc1ccc(CNC(=O)CCCN2C(=O)c3ccccc3Sc3ncccc32)cc1. The van der Waals surface area contributed by atoms with Crippen molar-refractivity contribution in [2.75, 3.05) is 18.6 Å². The van der Waals surface area contributed by atoms with Crippen LogP contribution >= 0.6 is 11.8 Å². The molecule has 0 spiro atoms. The molecule has 0 unspecified atom stereocenters. The number of rotatable bonds is 7. The fourth-order valence-corrected chi connectivity index (χ4v) is 4.43. The Balaban J connectivity index is 1.38. The zero-order valence-corrected chi connectivity index (χ0v) is 18.0. The summed E-state index contributed by atoms with van der Waals surface area (Å²) >= 11 is 1.50. The fourth-order valence-electron chi connectivity index (χ4n) is 3.41. The van der Waals surface area contributed by atoms with Crippen molar-refractivity contribution in [3.63, 3.8) is 0 Å². The van der Waals surface area contributed by atoms with Gasteiger partial charge in [0.25, 0.3) is 5.91 Å². The normalized spacial score (nSPS) is 12.5. The van der Waals surface area contributed by atoms with Gasteiger partial charge in [-0.15, -0.1) is 0 Å². The predicted octanol–water partition coefficient (Wildman–Crippen LogP) is 4.30. The molecule has 31 heavy (non-hydrogen) atoms. The number of carbonyl (C=O) groups excluding carboxylic acids is 2. The van der Waals surface area contributed by atoms with E-state index in [1.165, 1.54) is 11.8 Å². The Morgan fingerprint density at radius 3 is 2.71 bits per heavy atom. The molecule has 2 aromatic carbocycles. The van der Waals surface area contributed by atoms with Crippen LogP contribution in [-0.4, -0.2) is 30.5 Å². The first-order chi connectivity index (χ1) is 15.2.